The summed E-state index contributed by atoms with van der Waals surface area (Å²) in [6, 6.07) is 54.0. The van der Waals surface area contributed by atoms with Crippen LogP contribution >= 0.6 is 0 Å². The molecule has 0 saturated carbocycles. The Balaban J connectivity index is 0.000000149. The third-order valence-corrected chi connectivity index (χ3v) is 5.90. The number of hydrogen-bond acceptors (Lipinski definition) is 2. The summed E-state index contributed by atoms with van der Waals surface area (Å²) in [6.07, 6.45) is 0. The molecule has 0 radical (unpaired) electrons. The van der Waals surface area contributed by atoms with Crippen molar-refractivity contribution in [1.82, 2.24) is 0 Å². The highest BCUT2D eigenvalue weighted by molar-refractivity contribution is 5.95. The molecular weight excluding hydrogens is 436 g/mol. The number of rotatable bonds is 5. The van der Waals surface area contributed by atoms with Crippen LogP contribution in [0.2, 0.25) is 0 Å². The summed E-state index contributed by atoms with van der Waals surface area (Å²) < 4.78 is 0. The average molecular weight is 465 g/mol. The molecule has 2 heteroatoms. The Morgan fingerprint density at radius 2 is 0.778 bits per heavy atom. The Labute approximate surface area is 212 Å². The molecule has 0 aromatic heterocycles. The molecule has 0 saturated heterocycles. The molecule has 0 aliphatic carbocycles. The van der Waals surface area contributed by atoms with E-state index in [2.05, 4.69) is 126 Å². The molecule has 0 bridgehead atoms. The topological polar surface area (TPSA) is 24.1 Å². The van der Waals surface area contributed by atoms with E-state index in [1.807, 2.05) is 42.5 Å². The van der Waals surface area contributed by atoms with Gasteiger partial charge < -0.3 is 10.6 Å². The van der Waals surface area contributed by atoms with E-state index in [1.165, 1.54) is 21.9 Å². The molecule has 0 heterocycles. The van der Waals surface area contributed by atoms with Gasteiger partial charge in [-0.1, -0.05) is 115 Å². The molecule has 174 valence electrons. The lowest BCUT2D eigenvalue weighted by molar-refractivity contribution is 1.54. The molecule has 2 N–H and O–H groups in total. The summed E-state index contributed by atoms with van der Waals surface area (Å²) in [4.78, 5) is 0. The van der Waals surface area contributed by atoms with Crippen molar-refractivity contribution in [2.75, 3.05) is 10.6 Å². The summed E-state index contributed by atoms with van der Waals surface area (Å²) >= 11 is 0. The zero-order valence-electron chi connectivity index (χ0n) is 20.0. The van der Waals surface area contributed by atoms with E-state index in [4.69, 9.17) is 0 Å². The van der Waals surface area contributed by atoms with Crippen LogP contribution in [0.15, 0.2) is 158 Å². The standard InChI is InChI=1S/C18H15N.C16H13N/c1-3-7-15(8-4-1)16-11-13-18(14-12-16)19-17-9-5-2-6-10-17;1-2-9-14(10-3-1)17-16-12-6-8-13-7-4-5-11-15(13)16/h1-14,19H;1-12,17H. The molecule has 6 aromatic carbocycles. The van der Waals surface area contributed by atoms with Crippen LogP contribution in [0, 0.1) is 0 Å². The number of nitrogens with one attached hydrogen (secondary N) is 2. The predicted octanol–water partition coefficient (Wildman–Crippen LogP) is 9.68. The van der Waals surface area contributed by atoms with Gasteiger partial charge in [0.05, 0.1) is 0 Å². The SMILES string of the molecule is c1ccc(Nc2ccc(-c3ccccc3)cc2)cc1.c1ccc(Nc2cccc3ccccc23)cc1. The second-order valence-corrected chi connectivity index (χ2v) is 8.45. The number of benzene rings is 6. The van der Waals surface area contributed by atoms with E-state index >= 15 is 0 Å². The monoisotopic (exact) mass is 464 g/mol. The highest BCUT2D eigenvalue weighted by Gasteiger charge is 2.00. The van der Waals surface area contributed by atoms with Crippen molar-refractivity contribution in [2.24, 2.45) is 0 Å². The zero-order chi connectivity index (χ0) is 24.4. The van der Waals surface area contributed by atoms with Gasteiger partial charge in [-0.3, -0.25) is 0 Å². The fourth-order valence-corrected chi connectivity index (χ4v) is 4.08. The van der Waals surface area contributed by atoms with Gasteiger partial charge in [-0.25, -0.2) is 0 Å². The summed E-state index contributed by atoms with van der Waals surface area (Å²) in [6.45, 7) is 0. The van der Waals surface area contributed by atoms with Gasteiger partial charge in [-0.15, -0.1) is 0 Å². The Hall–Kier alpha value is -4.82. The van der Waals surface area contributed by atoms with E-state index in [0.717, 1.165) is 22.7 Å². The second kappa shape index (κ2) is 11.5. The van der Waals surface area contributed by atoms with Gasteiger partial charge in [0.1, 0.15) is 0 Å². The Bertz CT molecular complexity index is 1490. The van der Waals surface area contributed by atoms with Crippen LogP contribution in [-0.4, -0.2) is 0 Å². The number of fused-ring (bicyclic) bond motifs is 1. The number of anilines is 4. The van der Waals surface area contributed by atoms with Gasteiger partial charge in [-0.2, -0.15) is 0 Å². The fourth-order valence-electron chi connectivity index (χ4n) is 4.08. The van der Waals surface area contributed by atoms with Gasteiger partial charge >= 0.3 is 0 Å². The van der Waals surface area contributed by atoms with E-state index in [0.29, 0.717) is 0 Å². The maximum absolute atomic E-state index is 3.45. The quantitative estimate of drug-likeness (QED) is 0.265. The predicted molar refractivity (Wildman–Crippen MR) is 155 cm³/mol. The van der Waals surface area contributed by atoms with Crippen LogP contribution < -0.4 is 10.6 Å². The molecule has 0 aliphatic heterocycles. The van der Waals surface area contributed by atoms with E-state index in [1.54, 1.807) is 0 Å². The van der Waals surface area contributed by atoms with Gasteiger partial charge in [-0.05, 0) is 59.0 Å². The lowest BCUT2D eigenvalue weighted by Crippen LogP contribution is -1.90. The van der Waals surface area contributed by atoms with Crippen molar-refractivity contribution >= 4 is 33.5 Å². The Kier molecular flexibility index (Phi) is 7.36. The molecule has 36 heavy (non-hydrogen) atoms. The summed E-state index contributed by atoms with van der Waals surface area (Å²) in [5.41, 5.74) is 6.95. The lowest BCUT2D eigenvalue weighted by Gasteiger charge is -2.09. The van der Waals surface area contributed by atoms with E-state index < -0.39 is 0 Å². The van der Waals surface area contributed by atoms with Gasteiger partial charge in [0.2, 0.25) is 0 Å². The molecule has 0 amide bonds. The van der Waals surface area contributed by atoms with Crippen molar-refractivity contribution in [3.05, 3.63) is 158 Å². The zero-order valence-corrected chi connectivity index (χ0v) is 20.0. The van der Waals surface area contributed by atoms with Crippen LogP contribution in [0.25, 0.3) is 21.9 Å². The first kappa shape index (κ1) is 22.9. The third kappa shape index (κ3) is 5.99. The molecule has 6 rings (SSSR count). The molecular formula is C34H28N2. The van der Waals surface area contributed by atoms with E-state index in [9.17, 15) is 0 Å². The summed E-state index contributed by atoms with van der Waals surface area (Å²) in [5, 5.41) is 9.34. The highest BCUT2D eigenvalue weighted by Crippen LogP contribution is 2.26. The largest absolute Gasteiger partial charge is 0.356 e. The minimum absolute atomic E-state index is 1.10. The van der Waals surface area contributed by atoms with Crippen molar-refractivity contribution in [2.45, 2.75) is 0 Å². The minimum Gasteiger partial charge on any atom is -0.356 e. The first-order chi connectivity index (χ1) is 17.8. The third-order valence-electron chi connectivity index (χ3n) is 5.90. The van der Waals surface area contributed by atoms with Crippen molar-refractivity contribution < 1.29 is 0 Å². The van der Waals surface area contributed by atoms with Gasteiger partial charge in [0, 0.05) is 28.1 Å². The summed E-state index contributed by atoms with van der Waals surface area (Å²) in [7, 11) is 0. The molecule has 6 aromatic rings. The highest BCUT2D eigenvalue weighted by atomic mass is 14.9. The molecule has 2 nitrogen and oxygen atoms in total. The molecule has 0 unspecified atom stereocenters. The van der Waals surface area contributed by atoms with Crippen molar-refractivity contribution in [3.8, 4) is 11.1 Å². The fraction of sp³-hybridized carbons (Fsp3) is 0. The van der Waals surface area contributed by atoms with Crippen molar-refractivity contribution in [1.29, 1.82) is 0 Å². The molecule has 0 aliphatic rings. The number of para-hydroxylation sites is 2. The maximum atomic E-state index is 3.45. The van der Waals surface area contributed by atoms with Gasteiger partial charge in [0.15, 0.2) is 0 Å². The van der Waals surface area contributed by atoms with Crippen molar-refractivity contribution in [3.63, 3.8) is 0 Å². The molecule has 0 fully saturated rings. The van der Waals surface area contributed by atoms with Gasteiger partial charge in [0.25, 0.3) is 0 Å². The van der Waals surface area contributed by atoms with Crippen LogP contribution in [0.5, 0.6) is 0 Å². The maximum Gasteiger partial charge on any atom is 0.0463 e. The second-order valence-electron chi connectivity index (χ2n) is 8.45. The van der Waals surface area contributed by atoms with Crippen LogP contribution in [0.3, 0.4) is 0 Å². The lowest BCUT2D eigenvalue weighted by atomic mass is 10.1. The average Bonchev–Trinajstić information content (AvgIpc) is 2.96. The number of hydrogen-bond donors (Lipinski definition) is 2. The summed E-state index contributed by atoms with van der Waals surface area (Å²) in [5.74, 6) is 0. The molecule has 0 atom stereocenters. The Morgan fingerprint density at radius 1 is 0.306 bits per heavy atom. The van der Waals surface area contributed by atoms with Crippen LogP contribution in [0.4, 0.5) is 22.7 Å². The first-order valence-corrected chi connectivity index (χ1v) is 12.1. The Morgan fingerprint density at radius 3 is 1.44 bits per heavy atom. The smallest absolute Gasteiger partial charge is 0.0463 e. The van der Waals surface area contributed by atoms with E-state index in [-0.39, 0.29) is 0 Å². The van der Waals surface area contributed by atoms with Crippen LogP contribution in [0.1, 0.15) is 0 Å². The normalized spacial score (nSPS) is 10.2. The first-order valence-electron chi connectivity index (χ1n) is 12.1. The van der Waals surface area contributed by atoms with Crippen LogP contribution in [-0.2, 0) is 0 Å². The molecule has 0 spiro atoms. The minimum atomic E-state index is 1.10.